The first-order chi connectivity index (χ1) is 8.43. The quantitative estimate of drug-likeness (QED) is 0.672. The zero-order valence-electron chi connectivity index (χ0n) is 11.0. The van der Waals surface area contributed by atoms with E-state index in [1.807, 2.05) is 32.9 Å². The molecule has 0 amide bonds. The first-order valence-corrected chi connectivity index (χ1v) is 6.47. The normalized spacial score (nSPS) is 11.4. The Bertz CT molecular complexity index is 460. The maximum absolute atomic E-state index is 10.5. The van der Waals surface area contributed by atoms with Crippen LogP contribution in [0.2, 0.25) is 0 Å². The van der Waals surface area contributed by atoms with Gasteiger partial charge in [0.25, 0.3) is 0 Å². The number of hydrogen-bond acceptors (Lipinski definition) is 4. The van der Waals surface area contributed by atoms with Crippen LogP contribution >= 0.6 is 11.8 Å². The Balaban J connectivity index is 2.96. The van der Waals surface area contributed by atoms with Crippen molar-refractivity contribution in [3.63, 3.8) is 0 Å². The largest absolute Gasteiger partial charge is 0.497 e. The summed E-state index contributed by atoms with van der Waals surface area (Å²) in [5.41, 5.74) is 2.91. The summed E-state index contributed by atoms with van der Waals surface area (Å²) in [7, 11) is 1.63. The summed E-state index contributed by atoms with van der Waals surface area (Å²) in [5.74, 6) is 0.00126. The molecule has 98 valence electrons. The van der Waals surface area contributed by atoms with E-state index < -0.39 is 5.97 Å². The van der Waals surface area contributed by atoms with Crippen LogP contribution in [-0.2, 0) is 4.79 Å². The van der Waals surface area contributed by atoms with E-state index in [-0.39, 0.29) is 5.75 Å². The van der Waals surface area contributed by atoms with Gasteiger partial charge in [-0.1, -0.05) is 11.8 Å². The van der Waals surface area contributed by atoms with Gasteiger partial charge in [0.15, 0.2) is 0 Å². The molecule has 0 fully saturated rings. The van der Waals surface area contributed by atoms with Gasteiger partial charge in [0, 0.05) is 0 Å². The third kappa shape index (κ3) is 4.07. The summed E-state index contributed by atoms with van der Waals surface area (Å²) < 4.78 is 5.18. The van der Waals surface area contributed by atoms with Crippen LogP contribution in [0.1, 0.15) is 18.1 Å². The van der Waals surface area contributed by atoms with Gasteiger partial charge in [0.2, 0.25) is 0 Å². The van der Waals surface area contributed by atoms with Gasteiger partial charge in [-0.15, -0.1) is 0 Å². The van der Waals surface area contributed by atoms with Gasteiger partial charge in [-0.25, -0.2) is 4.99 Å². The number of aliphatic carboxylic acids is 1. The van der Waals surface area contributed by atoms with E-state index in [0.717, 1.165) is 27.6 Å². The molecule has 0 heterocycles. The molecule has 0 radical (unpaired) electrons. The van der Waals surface area contributed by atoms with Crippen LogP contribution in [0.5, 0.6) is 5.75 Å². The number of carboxylic acid groups (broad SMARTS) is 1. The lowest BCUT2D eigenvalue weighted by atomic mass is 10.1. The molecule has 0 aliphatic heterocycles. The Kier molecular flexibility index (Phi) is 5.22. The Hall–Kier alpha value is -1.49. The van der Waals surface area contributed by atoms with E-state index in [0.29, 0.717) is 0 Å². The van der Waals surface area contributed by atoms with Crippen molar-refractivity contribution in [1.82, 2.24) is 0 Å². The van der Waals surface area contributed by atoms with Gasteiger partial charge < -0.3 is 9.84 Å². The van der Waals surface area contributed by atoms with Crippen LogP contribution in [-0.4, -0.2) is 29.0 Å². The molecule has 0 aromatic heterocycles. The van der Waals surface area contributed by atoms with Crippen molar-refractivity contribution in [3.8, 4) is 5.75 Å². The van der Waals surface area contributed by atoms with Gasteiger partial charge in [-0.3, -0.25) is 4.79 Å². The molecule has 1 N–H and O–H groups in total. The fourth-order valence-corrected chi connectivity index (χ4v) is 2.05. The number of hydrogen-bond donors (Lipinski definition) is 1. The van der Waals surface area contributed by atoms with Crippen LogP contribution < -0.4 is 4.74 Å². The minimum absolute atomic E-state index is 0.0313. The lowest BCUT2D eigenvalue weighted by molar-refractivity contribution is -0.133. The van der Waals surface area contributed by atoms with Gasteiger partial charge >= 0.3 is 5.97 Å². The highest BCUT2D eigenvalue weighted by Crippen LogP contribution is 2.29. The molecule has 0 atom stereocenters. The Morgan fingerprint density at radius 1 is 1.39 bits per heavy atom. The monoisotopic (exact) mass is 267 g/mol. The maximum Gasteiger partial charge on any atom is 0.313 e. The van der Waals surface area contributed by atoms with Crippen molar-refractivity contribution in [2.75, 3.05) is 12.9 Å². The molecule has 1 aromatic carbocycles. The van der Waals surface area contributed by atoms with Crippen molar-refractivity contribution in [1.29, 1.82) is 0 Å². The van der Waals surface area contributed by atoms with Crippen molar-refractivity contribution < 1.29 is 14.6 Å². The molecule has 0 spiro atoms. The zero-order valence-corrected chi connectivity index (χ0v) is 11.8. The number of aliphatic imine (C=N–C) groups is 1. The molecule has 0 saturated carbocycles. The van der Waals surface area contributed by atoms with Crippen LogP contribution in [0.25, 0.3) is 0 Å². The number of carboxylic acids is 1. The second kappa shape index (κ2) is 6.44. The average molecular weight is 267 g/mol. The molecule has 1 aromatic rings. The summed E-state index contributed by atoms with van der Waals surface area (Å²) in [6.45, 7) is 5.74. The molecule has 4 nitrogen and oxygen atoms in total. The third-order valence-electron chi connectivity index (χ3n) is 2.37. The highest BCUT2D eigenvalue weighted by atomic mass is 32.2. The molecule has 0 unspecified atom stereocenters. The molecule has 0 aliphatic carbocycles. The van der Waals surface area contributed by atoms with Crippen LogP contribution in [0.15, 0.2) is 17.1 Å². The molecule has 0 aliphatic rings. The minimum Gasteiger partial charge on any atom is -0.497 e. The predicted octanol–water partition coefficient (Wildman–Crippen LogP) is 3.18. The number of carbonyl (C=O) groups is 1. The minimum atomic E-state index is -0.835. The Morgan fingerprint density at radius 3 is 2.39 bits per heavy atom. The van der Waals surface area contributed by atoms with E-state index in [4.69, 9.17) is 9.84 Å². The molecular weight excluding hydrogens is 250 g/mol. The van der Waals surface area contributed by atoms with Gasteiger partial charge in [-0.05, 0) is 44.0 Å². The standard InChI is InChI=1S/C13H17NO3S/c1-8-5-11(17-4)6-9(2)13(8)14-10(3)18-7-12(15)16/h5-6H,7H2,1-4H3,(H,15,16). The third-order valence-corrected chi connectivity index (χ3v) is 3.27. The second-order valence-corrected chi connectivity index (χ2v) is 5.09. The Morgan fingerprint density at radius 2 is 1.94 bits per heavy atom. The summed E-state index contributed by atoms with van der Waals surface area (Å²) in [6, 6.07) is 3.84. The highest BCUT2D eigenvalue weighted by molar-refractivity contribution is 8.14. The van der Waals surface area contributed by atoms with E-state index in [1.165, 1.54) is 11.8 Å². The van der Waals surface area contributed by atoms with E-state index >= 15 is 0 Å². The van der Waals surface area contributed by atoms with Crippen LogP contribution in [0.3, 0.4) is 0 Å². The number of benzene rings is 1. The number of aryl methyl sites for hydroxylation is 2. The topological polar surface area (TPSA) is 58.9 Å². The highest BCUT2D eigenvalue weighted by Gasteiger charge is 2.06. The van der Waals surface area contributed by atoms with Crippen LogP contribution in [0.4, 0.5) is 5.69 Å². The van der Waals surface area contributed by atoms with E-state index in [9.17, 15) is 4.79 Å². The molecular formula is C13H17NO3S. The van der Waals surface area contributed by atoms with E-state index in [2.05, 4.69) is 4.99 Å². The number of thioether (sulfide) groups is 1. The van der Waals surface area contributed by atoms with Crippen LogP contribution in [0, 0.1) is 13.8 Å². The summed E-state index contributed by atoms with van der Waals surface area (Å²) >= 11 is 1.23. The van der Waals surface area contributed by atoms with Crippen molar-refractivity contribution in [2.45, 2.75) is 20.8 Å². The van der Waals surface area contributed by atoms with Gasteiger partial charge in [0.05, 0.1) is 23.6 Å². The zero-order chi connectivity index (χ0) is 13.7. The van der Waals surface area contributed by atoms with E-state index in [1.54, 1.807) is 7.11 Å². The SMILES string of the molecule is COc1cc(C)c(N=C(C)SCC(=O)O)c(C)c1. The number of nitrogens with zero attached hydrogens (tertiary/aromatic N) is 1. The summed E-state index contributed by atoms with van der Waals surface area (Å²) in [5, 5.41) is 9.36. The second-order valence-electron chi connectivity index (χ2n) is 3.92. The van der Waals surface area contributed by atoms with Crippen molar-refractivity contribution >= 4 is 28.5 Å². The smallest absolute Gasteiger partial charge is 0.313 e. The summed E-state index contributed by atoms with van der Waals surface area (Å²) in [6.07, 6.45) is 0. The lowest BCUT2D eigenvalue weighted by Gasteiger charge is -2.09. The number of methoxy groups -OCH3 is 1. The first kappa shape index (κ1) is 14.6. The molecule has 0 bridgehead atoms. The molecule has 18 heavy (non-hydrogen) atoms. The van der Waals surface area contributed by atoms with Crippen molar-refractivity contribution in [3.05, 3.63) is 23.3 Å². The summed E-state index contributed by atoms with van der Waals surface area (Å²) in [4.78, 5) is 14.9. The fraction of sp³-hybridized carbons (Fsp3) is 0.385. The molecule has 0 saturated heterocycles. The van der Waals surface area contributed by atoms with Gasteiger partial charge in [0.1, 0.15) is 5.75 Å². The predicted molar refractivity (Wildman–Crippen MR) is 75.3 cm³/mol. The Labute approximate surface area is 111 Å². The van der Waals surface area contributed by atoms with Crippen molar-refractivity contribution in [2.24, 2.45) is 4.99 Å². The average Bonchev–Trinajstić information content (AvgIpc) is 2.30. The molecule has 1 rings (SSSR count). The fourth-order valence-electron chi connectivity index (χ4n) is 1.57. The molecule has 5 heteroatoms. The number of rotatable bonds is 4. The maximum atomic E-state index is 10.5. The van der Waals surface area contributed by atoms with Gasteiger partial charge in [-0.2, -0.15) is 0 Å². The first-order valence-electron chi connectivity index (χ1n) is 5.49. The number of ether oxygens (including phenoxy) is 1. The lowest BCUT2D eigenvalue weighted by Crippen LogP contribution is -2.00.